The lowest BCUT2D eigenvalue weighted by Crippen LogP contribution is -2.24. The molecule has 0 radical (unpaired) electrons. The van der Waals surface area contributed by atoms with E-state index in [2.05, 4.69) is 15.2 Å². The summed E-state index contributed by atoms with van der Waals surface area (Å²) in [5, 5.41) is 5.54. The van der Waals surface area contributed by atoms with Gasteiger partial charge in [-0.25, -0.2) is 0 Å². The molecule has 0 atom stereocenters. The molecule has 18 heavy (non-hydrogen) atoms. The van der Waals surface area contributed by atoms with Gasteiger partial charge < -0.3 is 4.57 Å². The molecule has 0 aliphatic heterocycles. The van der Waals surface area contributed by atoms with E-state index in [1.165, 1.54) is 12.8 Å². The molecule has 1 aliphatic rings. The van der Waals surface area contributed by atoms with Crippen LogP contribution in [0, 0.1) is 4.77 Å². The van der Waals surface area contributed by atoms with E-state index < -0.39 is 0 Å². The zero-order chi connectivity index (χ0) is 12.5. The fraction of sp³-hybridized carbons (Fsp3) is 0.417. The summed E-state index contributed by atoms with van der Waals surface area (Å²) >= 11 is 4.91. The predicted molar refractivity (Wildman–Crippen MR) is 71.0 cm³/mol. The molecule has 2 heterocycles. The summed E-state index contributed by atoms with van der Waals surface area (Å²) in [6.07, 6.45) is 6.43. The SMILES string of the molecule is O=c1c(-c2nc(=S)[nH][nH]2)cccn1C1CCCC1. The molecule has 0 bridgehead atoms. The van der Waals surface area contributed by atoms with Crippen LogP contribution in [0.3, 0.4) is 0 Å². The van der Waals surface area contributed by atoms with E-state index >= 15 is 0 Å². The Kier molecular flexibility index (Phi) is 2.87. The molecule has 0 amide bonds. The molecular weight excluding hydrogens is 248 g/mol. The number of nitrogens with one attached hydrogen (secondary N) is 2. The lowest BCUT2D eigenvalue weighted by Gasteiger charge is -2.13. The monoisotopic (exact) mass is 262 g/mol. The number of H-pyrrole nitrogens is 2. The van der Waals surface area contributed by atoms with E-state index in [0.29, 0.717) is 22.2 Å². The van der Waals surface area contributed by atoms with Crippen molar-refractivity contribution in [1.29, 1.82) is 0 Å². The van der Waals surface area contributed by atoms with Crippen molar-refractivity contribution < 1.29 is 0 Å². The van der Waals surface area contributed by atoms with Crippen molar-refractivity contribution in [2.45, 2.75) is 31.7 Å². The summed E-state index contributed by atoms with van der Waals surface area (Å²) in [5.74, 6) is 0.511. The van der Waals surface area contributed by atoms with Crippen LogP contribution < -0.4 is 5.56 Å². The third kappa shape index (κ3) is 1.92. The summed E-state index contributed by atoms with van der Waals surface area (Å²) in [6.45, 7) is 0. The highest BCUT2D eigenvalue weighted by molar-refractivity contribution is 7.71. The van der Waals surface area contributed by atoms with Gasteiger partial charge in [-0.2, -0.15) is 4.98 Å². The van der Waals surface area contributed by atoms with Crippen LogP contribution in [0.2, 0.25) is 0 Å². The molecule has 6 heteroatoms. The Hall–Kier alpha value is -1.69. The van der Waals surface area contributed by atoms with Crippen molar-refractivity contribution in [3.05, 3.63) is 33.5 Å². The largest absolute Gasteiger partial charge is 0.312 e. The molecule has 2 aromatic rings. The molecular formula is C12H14N4OS. The summed E-state index contributed by atoms with van der Waals surface area (Å²) in [6, 6.07) is 4.00. The van der Waals surface area contributed by atoms with Gasteiger partial charge in [0.1, 0.15) is 0 Å². The summed E-state index contributed by atoms with van der Waals surface area (Å²) in [7, 11) is 0. The minimum Gasteiger partial charge on any atom is -0.312 e. The maximum absolute atomic E-state index is 12.4. The molecule has 1 saturated carbocycles. The average molecular weight is 262 g/mol. The smallest absolute Gasteiger partial charge is 0.261 e. The number of aromatic amines is 2. The van der Waals surface area contributed by atoms with Gasteiger partial charge in [0.15, 0.2) is 5.82 Å². The van der Waals surface area contributed by atoms with Crippen LogP contribution in [0.4, 0.5) is 0 Å². The van der Waals surface area contributed by atoms with E-state index in [0.717, 1.165) is 12.8 Å². The highest BCUT2D eigenvalue weighted by atomic mass is 32.1. The standard InChI is InChI=1S/C12H14N4OS/c17-11-9(10-13-12(18)15-14-10)6-3-7-16(11)8-4-1-2-5-8/h3,6-8H,1-2,4-5H2,(H2,13,14,15,18). The first-order valence-electron chi connectivity index (χ1n) is 6.12. The molecule has 3 rings (SSSR count). The summed E-state index contributed by atoms with van der Waals surface area (Å²) in [4.78, 5) is 16.5. The third-order valence-electron chi connectivity index (χ3n) is 3.45. The lowest BCUT2D eigenvalue weighted by atomic mass is 10.2. The molecule has 0 saturated heterocycles. The average Bonchev–Trinajstić information content (AvgIpc) is 3.00. The summed E-state index contributed by atoms with van der Waals surface area (Å²) < 4.78 is 2.19. The fourth-order valence-electron chi connectivity index (χ4n) is 2.56. The quantitative estimate of drug-likeness (QED) is 0.817. The second-order valence-corrected chi connectivity index (χ2v) is 4.97. The molecule has 2 N–H and O–H groups in total. The van der Waals surface area contributed by atoms with E-state index in [4.69, 9.17) is 12.2 Å². The molecule has 0 unspecified atom stereocenters. The van der Waals surface area contributed by atoms with Gasteiger partial charge in [-0.15, -0.1) is 0 Å². The molecule has 94 valence electrons. The zero-order valence-corrected chi connectivity index (χ0v) is 10.7. The van der Waals surface area contributed by atoms with Crippen LogP contribution in [0.1, 0.15) is 31.7 Å². The Bertz CT molecular complexity index is 663. The first-order chi connectivity index (χ1) is 8.75. The normalized spacial score (nSPS) is 16.2. The molecule has 0 aromatic carbocycles. The van der Waals surface area contributed by atoms with Crippen molar-refractivity contribution in [1.82, 2.24) is 19.7 Å². The van der Waals surface area contributed by atoms with Crippen LogP contribution in [0.15, 0.2) is 23.1 Å². The van der Waals surface area contributed by atoms with Crippen LogP contribution >= 0.6 is 12.2 Å². The molecule has 0 spiro atoms. The minimum absolute atomic E-state index is 0.00199. The minimum atomic E-state index is 0.00199. The van der Waals surface area contributed by atoms with Crippen molar-refractivity contribution in [3.63, 3.8) is 0 Å². The zero-order valence-electron chi connectivity index (χ0n) is 9.85. The number of hydrogen-bond donors (Lipinski definition) is 2. The molecule has 5 nitrogen and oxygen atoms in total. The van der Waals surface area contributed by atoms with Gasteiger partial charge in [0.25, 0.3) is 5.56 Å². The van der Waals surface area contributed by atoms with Gasteiger partial charge >= 0.3 is 0 Å². The van der Waals surface area contributed by atoms with E-state index in [1.807, 2.05) is 16.8 Å². The van der Waals surface area contributed by atoms with E-state index in [9.17, 15) is 4.79 Å². The van der Waals surface area contributed by atoms with Gasteiger partial charge in [0, 0.05) is 12.2 Å². The highest BCUT2D eigenvalue weighted by Gasteiger charge is 2.19. The van der Waals surface area contributed by atoms with E-state index in [-0.39, 0.29) is 5.56 Å². The Morgan fingerprint density at radius 3 is 2.78 bits per heavy atom. The van der Waals surface area contributed by atoms with Crippen LogP contribution in [-0.2, 0) is 0 Å². The number of nitrogens with zero attached hydrogens (tertiary/aromatic N) is 2. The Balaban J connectivity index is 2.09. The van der Waals surface area contributed by atoms with Gasteiger partial charge in [0.05, 0.1) is 5.56 Å². The van der Waals surface area contributed by atoms with Gasteiger partial charge in [-0.05, 0) is 37.2 Å². The van der Waals surface area contributed by atoms with Crippen LogP contribution in [-0.4, -0.2) is 19.7 Å². The predicted octanol–water partition coefficient (Wildman–Crippen LogP) is 2.41. The van der Waals surface area contributed by atoms with E-state index in [1.54, 1.807) is 6.07 Å². The maximum atomic E-state index is 12.4. The molecule has 2 aromatic heterocycles. The Morgan fingerprint density at radius 2 is 2.11 bits per heavy atom. The number of pyridine rings is 1. The van der Waals surface area contributed by atoms with Crippen molar-refractivity contribution in [2.75, 3.05) is 0 Å². The number of rotatable bonds is 2. The second kappa shape index (κ2) is 4.53. The van der Waals surface area contributed by atoms with Crippen molar-refractivity contribution >= 4 is 12.2 Å². The first-order valence-corrected chi connectivity index (χ1v) is 6.53. The number of aromatic nitrogens is 4. The fourth-order valence-corrected chi connectivity index (χ4v) is 2.70. The van der Waals surface area contributed by atoms with Crippen LogP contribution in [0.25, 0.3) is 11.4 Å². The lowest BCUT2D eigenvalue weighted by molar-refractivity contribution is 0.503. The van der Waals surface area contributed by atoms with Gasteiger partial charge in [-0.3, -0.25) is 15.0 Å². The Labute approximate surface area is 109 Å². The molecule has 1 fully saturated rings. The Morgan fingerprint density at radius 1 is 1.33 bits per heavy atom. The summed E-state index contributed by atoms with van der Waals surface area (Å²) in [5.41, 5.74) is 0.568. The maximum Gasteiger partial charge on any atom is 0.261 e. The van der Waals surface area contributed by atoms with Gasteiger partial charge in [-0.1, -0.05) is 12.8 Å². The molecule has 1 aliphatic carbocycles. The topological polar surface area (TPSA) is 66.5 Å². The number of hydrogen-bond acceptors (Lipinski definition) is 3. The highest BCUT2D eigenvalue weighted by Crippen LogP contribution is 2.28. The van der Waals surface area contributed by atoms with Gasteiger partial charge in [0.2, 0.25) is 4.77 Å². The van der Waals surface area contributed by atoms with Crippen LogP contribution in [0.5, 0.6) is 0 Å². The van der Waals surface area contributed by atoms with Crippen molar-refractivity contribution in [3.8, 4) is 11.4 Å². The first kappa shape index (κ1) is 11.4. The second-order valence-electron chi connectivity index (χ2n) is 4.59. The van der Waals surface area contributed by atoms with Crippen molar-refractivity contribution in [2.24, 2.45) is 0 Å². The third-order valence-corrected chi connectivity index (χ3v) is 3.64.